The van der Waals surface area contributed by atoms with Crippen LogP contribution in [-0.2, 0) is 0 Å². The smallest absolute Gasteiger partial charge is 0.136 e. The van der Waals surface area contributed by atoms with E-state index in [1.807, 2.05) is 6.92 Å². The van der Waals surface area contributed by atoms with Crippen molar-refractivity contribution >= 4 is 23.9 Å². The molecule has 0 N–H and O–H groups in total. The molecule has 0 aliphatic rings. The molecule has 11 heavy (non-hydrogen) atoms. The van der Waals surface area contributed by atoms with Crippen molar-refractivity contribution in [2.45, 2.75) is 26.6 Å². The second-order valence-corrected chi connectivity index (χ2v) is 10.4. The van der Waals surface area contributed by atoms with Crippen LogP contribution in [0, 0.1) is 12.7 Å². The largest absolute Gasteiger partial charge is 0.206 e. The SMILES string of the molecule is Cc1sc([Si](C)(C)C)cc1F. The zero-order chi connectivity index (χ0) is 8.65. The number of rotatable bonds is 1. The summed E-state index contributed by atoms with van der Waals surface area (Å²) in [5.74, 6) is -0.0348. The monoisotopic (exact) mass is 188 g/mol. The van der Waals surface area contributed by atoms with Gasteiger partial charge in [-0.1, -0.05) is 19.6 Å². The van der Waals surface area contributed by atoms with Gasteiger partial charge in [0.2, 0.25) is 0 Å². The van der Waals surface area contributed by atoms with Gasteiger partial charge in [-0.15, -0.1) is 11.3 Å². The Kier molecular flexibility index (Phi) is 2.21. The molecule has 1 aromatic heterocycles. The zero-order valence-corrected chi connectivity index (χ0v) is 9.18. The van der Waals surface area contributed by atoms with Crippen LogP contribution in [-0.4, -0.2) is 8.07 Å². The Morgan fingerprint density at radius 1 is 1.36 bits per heavy atom. The molecule has 0 aromatic carbocycles. The molecule has 0 aliphatic heterocycles. The van der Waals surface area contributed by atoms with Gasteiger partial charge in [0, 0.05) is 4.88 Å². The highest BCUT2D eigenvalue weighted by atomic mass is 32.1. The molecule has 0 amide bonds. The molecule has 0 nitrogen and oxygen atoms in total. The minimum Gasteiger partial charge on any atom is -0.206 e. The average Bonchev–Trinajstić information content (AvgIpc) is 2.11. The molecule has 1 rings (SSSR count). The van der Waals surface area contributed by atoms with E-state index in [1.54, 1.807) is 17.4 Å². The second kappa shape index (κ2) is 2.72. The summed E-state index contributed by atoms with van der Waals surface area (Å²) in [6, 6.07) is 1.70. The van der Waals surface area contributed by atoms with Gasteiger partial charge in [-0.05, 0) is 17.5 Å². The summed E-state index contributed by atoms with van der Waals surface area (Å²) in [6.45, 7) is 8.54. The summed E-state index contributed by atoms with van der Waals surface area (Å²) in [5, 5.41) is 0. The van der Waals surface area contributed by atoms with E-state index in [1.165, 1.54) is 4.50 Å². The van der Waals surface area contributed by atoms with Gasteiger partial charge in [0.15, 0.2) is 0 Å². The highest BCUT2D eigenvalue weighted by molar-refractivity contribution is 7.26. The van der Waals surface area contributed by atoms with E-state index in [-0.39, 0.29) is 5.82 Å². The van der Waals surface area contributed by atoms with Gasteiger partial charge >= 0.3 is 0 Å². The van der Waals surface area contributed by atoms with Gasteiger partial charge in [0.05, 0.1) is 8.07 Å². The first-order chi connectivity index (χ1) is 4.91. The van der Waals surface area contributed by atoms with Crippen molar-refractivity contribution in [3.8, 4) is 0 Å². The minimum absolute atomic E-state index is 0.0348. The highest BCUT2D eigenvalue weighted by Crippen LogP contribution is 2.15. The molecule has 0 fully saturated rings. The number of aryl methyl sites for hydroxylation is 1. The van der Waals surface area contributed by atoms with Crippen LogP contribution >= 0.6 is 11.3 Å². The van der Waals surface area contributed by atoms with E-state index in [4.69, 9.17) is 0 Å². The highest BCUT2D eigenvalue weighted by Gasteiger charge is 2.20. The molecule has 0 radical (unpaired) electrons. The molecule has 0 unspecified atom stereocenters. The summed E-state index contributed by atoms with van der Waals surface area (Å²) >= 11 is 1.61. The molecule has 1 heterocycles. The molecular weight excluding hydrogens is 175 g/mol. The lowest BCUT2D eigenvalue weighted by Crippen LogP contribution is -2.34. The molecule has 0 aliphatic carbocycles. The van der Waals surface area contributed by atoms with Crippen molar-refractivity contribution in [2.24, 2.45) is 0 Å². The molecule has 3 heteroatoms. The van der Waals surface area contributed by atoms with E-state index in [0.29, 0.717) is 0 Å². The van der Waals surface area contributed by atoms with Crippen molar-refractivity contribution in [1.82, 2.24) is 0 Å². The lowest BCUT2D eigenvalue weighted by Gasteiger charge is -2.11. The van der Waals surface area contributed by atoms with Gasteiger partial charge in [-0.3, -0.25) is 0 Å². The molecule has 0 saturated heterocycles. The summed E-state index contributed by atoms with van der Waals surface area (Å²) in [6.07, 6.45) is 0. The number of halogens is 1. The zero-order valence-electron chi connectivity index (χ0n) is 7.36. The fraction of sp³-hybridized carbons (Fsp3) is 0.500. The third-order valence-corrected chi connectivity index (χ3v) is 6.20. The number of thiophene rings is 1. The molecular formula is C8H13FSSi. The van der Waals surface area contributed by atoms with Crippen LogP contribution in [0.3, 0.4) is 0 Å². The topological polar surface area (TPSA) is 0 Å². The Balaban J connectivity index is 3.08. The first-order valence-corrected chi connectivity index (χ1v) is 7.99. The predicted octanol–water partition coefficient (Wildman–Crippen LogP) is 2.74. The van der Waals surface area contributed by atoms with Crippen LogP contribution < -0.4 is 4.50 Å². The fourth-order valence-corrected chi connectivity index (χ4v) is 3.72. The van der Waals surface area contributed by atoms with Crippen molar-refractivity contribution in [3.05, 3.63) is 16.8 Å². The second-order valence-electron chi connectivity index (χ2n) is 3.76. The summed E-state index contributed by atoms with van der Waals surface area (Å²) in [4.78, 5) is 0.822. The number of hydrogen-bond donors (Lipinski definition) is 0. The first kappa shape index (κ1) is 8.94. The van der Waals surface area contributed by atoms with Crippen molar-refractivity contribution < 1.29 is 4.39 Å². The van der Waals surface area contributed by atoms with E-state index in [9.17, 15) is 4.39 Å². The van der Waals surface area contributed by atoms with E-state index < -0.39 is 8.07 Å². The van der Waals surface area contributed by atoms with E-state index in [0.717, 1.165) is 4.88 Å². The lowest BCUT2D eigenvalue weighted by atomic mass is 10.5. The third kappa shape index (κ3) is 1.90. The van der Waals surface area contributed by atoms with Crippen LogP contribution in [0.4, 0.5) is 4.39 Å². The molecule has 0 atom stereocenters. The van der Waals surface area contributed by atoms with Crippen molar-refractivity contribution in [1.29, 1.82) is 0 Å². The first-order valence-electron chi connectivity index (χ1n) is 3.67. The molecule has 0 saturated carbocycles. The van der Waals surface area contributed by atoms with Gasteiger partial charge in [0.25, 0.3) is 0 Å². The van der Waals surface area contributed by atoms with Crippen LogP contribution in [0.15, 0.2) is 6.07 Å². The minimum atomic E-state index is -1.27. The Morgan fingerprint density at radius 2 is 1.91 bits per heavy atom. The maximum Gasteiger partial charge on any atom is 0.136 e. The molecule has 0 spiro atoms. The maximum atomic E-state index is 12.9. The third-order valence-electron chi connectivity index (χ3n) is 1.60. The van der Waals surface area contributed by atoms with Gasteiger partial charge in [-0.25, -0.2) is 4.39 Å². The van der Waals surface area contributed by atoms with E-state index >= 15 is 0 Å². The van der Waals surface area contributed by atoms with Crippen LogP contribution in [0.5, 0.6) is 0 Å². The van der Waals surface area contributed by atoms with Gasteiger partial charge in [0.1, 0.15) is 5.82 Å². The van der Waals surface area contributed by atoms with Crippen molar-refractivity contribution in [3.63, 3.8) is 0 Å². The van der Waals surface area contributed by atoms with E-state index in [2.05, 4.69) is 19.6 Å². The maximum absolute atomic E-state index is 12.9. The average molecular weight is 188 g/mol. The van der Waals surface area contributed by atoms with Crippen LogP contribution in [0.2, 0.25) is 19.6 Å². The van der Waals surface area contributed by atoms with Crippen molar-refractivity contribution in [2.75, 3.05) is 0 Å². The summed E-state index contributed by atoms with van der Waals surface area (Å²) in [5.41, 5.74) is 0. The molecule has 62 valence electrons. The molecule has 1 aromatic rings. The van der Waals surface area contributed by atoms with Gasteiger partial charge < -0.3 is 0 Å². The van der Waals surface area contributed by atoms with Crippen LogP contribution in [0.25, 0.3) is 0 Å². The number of hydrogen-bond acceptors (Lipinski definition) is 1. The summed E-state index contributed by atoms with van der Waals surface area (Å²) < 4.78 is 14.2. The van der Waals surface area contributed by atoms with Gasteiger partial charge in [-0.2, -0.15) is 0 Å². The lowest BCUT2D eigenvalue weighted by molar-refractivity contribution is 0.626. The Labute approximate surface area is 72.1 Å². The summed E-state index contributed by atoms with van der Waals surface area (Å²) in [7, 11) is -1.27. The Morgan fingerprint density at radius 3 is 2.09 bits per heavy atom. The Hall–Kier alpha value is -0.153. The van der Waals surface area contributed by atoms with Crippen LogP contribution in [0.1, 0.15) is 4.88 Å². The predicted molar refractivity (Wildman–Crippen MR) is 52.0 cm³/mol. The molecule has 0 bridgehead atoms. The normalized spacial score (nSPS) is 12.1. The quantitative estimate of drug-likeness (QED) is 0.594. The fourth-order valence-electron chi connectivity index (χ4n) is 0.829. The standard InChI is InChI=1S/C8H13FSSi/c1-6-7(9)5-8(10-6)11(2,3)4/h5H,1-4H3. The Bertz CT molecular complexity index is 240.